The number of carboxylic acids is 1. The lowest BCUT2D eigenvalue weighted by molar-refractivity contribution is -0.305. The molecule has 0 saturated heterocycles. The molecule has 19 heavy (non-hydrogen) atoms. The zero-order valence-electron chi connectivity index (χ0n) is 11.4. The molecule has 1 aromatic carbocycles. The Kier molecular flexibility index (Phi) is 6.06. The van der Waals surface area contributed by atoms with Crippen LogP contribution in [-0.2, 0) is 16.0 Å². The summed E-state index contributed by atoms with van der Waals surface area (Å²) in [6.07, 6.45) is 0.499. The first-order chi connectivity index (χ1) is 8.99. The van der Waals surface area contributed by atoms with Gasteiger partial charge in [0.1, 0.15) is 0 Å². The second kappa shape index (κ2) is 7.56. The van der Waals surface area contributed by atoms with Crippen molar-refractivity contribution in [3.05, 3.63) is 35.4 Å². The van der Waals surface area contributed by atoms with Crippen LogP contribution in [0.5, 0.6) is 0 Å². The van der Waals surface area contributed by atoms with Crippen molar-refractivity contribution < 1.29 is 14.7 Å². The third kappa shape index (κ3) is 6.04. The molecule has 0 unspecified atom stereocenters. The second-order valence-corrected chi connectivity index (χ2v) is 4.87. The van der Waals surface area contributed by atoms with Gasteiger partial charge in [0.2, 0.25) is 5.91 Å². The van der Waals surface area contributed by atoms with Crippen LogP contribution in [0.2, 0.25) is 0 Å². The van der Waals surface area contributed by atoms with E-state index in [1.807, 2.05) is 0 Å². The molecule has 0 aliphatic carbocycles. The van der Waals surface area contributed by atoms with Crippen LogP contribution in [0, 0.1) is 0 Å². The molecule has 0 aliphatic rings. The molecule has 0 spiro atoms. The predicted molar refractivity (Wildman–Crippen MR) is 71.5 cm³/mol. The van der Waals surface area contributed by atoms with Crippen LogP contribution in [0.25, 0.3) is 0 Å². The number of benzene rings is 1. The fraction of sp³-hybridized carbons (Fsp3) is 0.467. The SMILES string of the molecule is CC(C)c1ccc(CCNC(=O)CCC(=O)[O-])cc1. The van der Waals surface area contributed by atoms with Gasteiger partial charge < -0.3 is 15.2 Å². The highest BCUT2D eigenvalue weighted by Crippen LogP contribution is 2.14. The molecule has 0 bridgehead atoms. The Morgan fingerprint density at radius 2 is 1.79 bits per heavy atom. The molecule has 4 nitrogen and oxygen atoms in total. The third-order valence-electron chi connectivity index (χ3n) is 2.94. The molecule has 0 radical (unpaired) electrons. The molecular weight excluding hydrogens is 242 g/mol. The highest BCUT2D eigenvalue weighted by molar-refractivity contribution is 5.79. The summed E-state index contributed by atoms with van der Waals surface area (Å²) in [7, 11) is 0. The lowest BCUT2D eigenvalue weighted by atomic mass is 10.0. The van der Waals surface area contributed by atoms with E-state index < -0.39 is 5.97 Å². The number of aliphatic carboxylic acids is 1. The predicted octanol–water partition coefficient (Wildman–Crippen LogP) is 0.999. The molecule has 1 rings (SSSR count). The summed E-state index contributed by atoms with van der Waals surface area (Å²) in [5, 5.41) is 12.9. The van der Waals surface area contributed by atoms with Crippen molar-refractivity contribution in [3.63, 3.8) is 0 Å². The van der Waals surface area contributed by atoms with Crippen molar-refractivity contribution in [2.24, 2.45) is 0 Å². The molecule has 0 aromatic heterocycles. The quantitative estimate of drug-likeness (QED) is 0.797. The Morgan fingerprint density at radius 1 is 1.16 bits per heavy atom. The van der Waals surface area contributed by atoms with Gasteiger partial charge in [-0.05, 0) is 29.9 Å². The van der Waals surface area contributed by atoms with E-state index in [1.165, 1.54) is 5.56 Å². The van der Waals surface area contributed by atoms with E-state index in [0.29, 0.717) is 12.5 Å². The van der Waals surface area contributed by atoms with Crippen molar-refractivity contribution in [2.45, 2.75) is 39.0 Å². The number of rotatable bonds is 7. The molecule has 0 atom stereocenters. The van der Waals surface area contributed by atoms with Gasteiger partial charge in [0.15, 0.2) is 0 Å². The van der Waals surface area contributed by atoms with Gasteiger partial charge in [-0.15, -0.1) is 0 Å². The molecular formula is C15H20NO3-. The standard InChI is InChI=1S/C15H21NO3/c1-11(2)13-5-3-12(4-6-13)9-10-16-14(17)7-8-15(18)19/h3-6,11H,7-10H2,1-2H3,(H,16,17)(H,18,19)/p-1. The Balaban J connectivity index is 2.29. The molecule has 4 heteroatoms. The summed E-state index contributed by atoms with van der Waals surface area (Å²) in [6.45, 7) is 4.81. The van der Waals surface area contributed by atoms with Gasteiger partial charge in [-0.2, -0.15) is 0 Å². The zero-order chi connectivity index (χ0) is 14.3. The molecule has 0 fully saturated rings. The maximum atomic E-state index is 11.3. The first-order valence-corrected chi connectivity index (χ1v) is 6.54. The summed E-state index contributed by atoms with van der Waals surface area (Å²) in [5.41, 5.74) is 2.45. The molecule has 0 saturated carbocycles. The van der Waals surface area contributed by atoms with E-state index >= 15 is 0 Å². The van der Waals surface area contributed by atoms with Gasteiger partial charge in [0.25, 0.3) is 0 Å². The summed E-state index contributed by atoms with van der Waals surface area (Å²) < 4.78 is 0. The Bertz CT molecular complexity index is 424. The summed E-state index contributed by atoms with van der Waals surface area (Å²) in [6, 6.07) is 8.31. The Labute approximate surface area is 113 Å². The first kappa shape index (κ1) is 15.2. The Hall–Kier alpha value is -1.84. The van der Waals surface area contributed by atoms with E-state index in [1.54, 1.807) is 0 Å². The minimum absolute atomic E-state index is 0.0192. The number of carbonyl (C=O) groups is 2. The summed E-state index contributed by atoms with van der Waals surface area (Å²) in [5.74, 6) is -0.930. The summed E-state index contributed by atoms with van der Waals surface area (Å²) >= 11 is 0. The lowest BCUT2D eigenvalue weighted by Crippen LogP contribution is -2.29. The molecule has 104 valence electrons. The normalized spacial score (nSPS) is 10.5. The second-order valence-electron chi connectivity index (χ2n) is 4.87. The zero-order valence-corrected chi connectivity index (χ0v) is 11.4. The first-order valence-electron chi connectivity index (χ1n) is 6.54. The van der Waals surface area contributed by atoms with Gasteiger partial charge in [-0.25, -0.2) is 0 Å². The van der Waals surface area contributed by atoms with E-state index in [4.69, 9.17) is 0 Å². The van der Waals surface area contributed by atoms with Crippen LogP contribution in [0.1, 0.15) is 43.7 Å². The van der Waals surface area contributed by atoms with Crippen molar-refractivity contribution in [2.75, 3.05) is 6.54 Å². The van der Waals surface area contributed by atoms with E-state index in [9.17, 15) is 14.7 Å². The van der Waals surface area contributed by atoms with Gasteiger partial charge in [-0.3, -0.25) is 4.79 Å². The van der Waals surface area contributed by atoms with Gasteiger partial charge in [0.05, 0.1) is 0 Å². The number of carbonyl (C=O) groups excluding carboxylic acids is 2. The fourth-order valence-corrected chi connectivity index (χ4v) is 1.72. The maximum absolute atomic E-state index is 11.3. The van der Waals surface area contributed by atoms with Gasteiger partial charge in [-0.1, -0.05) is 38.1 Å². The number of hydrogen-bond donors (Lipinski definition) is 1. The third-order valence-corrected chi connectivity index (χ3v) is 2.94. The van der Waals surface area contributed by atoms with Crippen molar-refractivity contribution >= 4 is 11.9 Å². The summed E-state index contributed by atoms with van der Waals surface area (Å²) in [4.78, 5) is 21.5. The largest absolute Gasteiger partial charge is 0.550 e. The van der Waals surface area contributed by atoms with Crippen LogP contribution < -0.4 is 10.4 Å². The highest BCUT2D eigenvalue weighted by atomic mass is 16.4. The lowest BCUT2D eigenvalue weighted by Gasteiger charge is -2.08. The molecule has 1 N–H and O–H groups in total. The average molecular weight is 262 g/mol. The minimum atomic E-state index is -1.19. The smallest absolute Gasteiger partial charge is 0.220 e. The molecule has 1 amide bonds. The van der Waals surface area contributed by atoms with Crippen molar-refractivity contribution in [1.82, 2.24) is 5.32 Å². The number of hydrogen-bond acceptors (Lipinski definition) is 3. The minimum Gasteiger partial charge on any atom is -0.550 e. The topological polar surface area (TPSA) is 69.2 Å². The van der Waals surface area contributed by atoms with Crippen LogP contribution in [0.15, 0.2) is 24.3 Å². The number of amides is 1. The van der Waals surface area contributed by atoms with Crippen LogP contribution >= 0.6 is 0 Å². The fourth-order valence-electron chi connectivity index (χ4n) is 1.72. The van der Waals surface area contributed by atoms with Gasteiger partial charge in [0, 0.05) is 18.9 Å². The van der Waals surface area contributed by atoms with Crippen LogP contribution in [-0.4, -0.2) is 18.4 Å². The van der Waals surface area contributed by atoms with E-state index in [2.05, 4.69) is 43.4 Å². The number of carboxylic acid groups (broad SMARTS) is 1. The number of nitrogens with one attached hydrogen (secondary N) is 1. The maximum Gasteiger partial charge on any atom is 0.220 e. The van der Waals surface area contributed by atoms with Crippen LogP contribution in [0.3, 0.4) is 0 Å². The van der Waals surface area contributed by atoms with Crippen molar-refractivity contribution in [3.8, 4) is 0 Å². The van der Waals surface area contributed by atoms with Crippen LogP contribution in [0.4, 0.5) is 0 Å². The molecule has 1 aromatic rings. The van der Waals surface area contributed by atoms with Crippen molar-refractivity contribution in [1.29, 1.82) is 0 Å². The van der Waals surface area contributed by atoms with E-state index in [-0.39, 0.29) is 18.7 Å². The Morgan fingerprint density at radius 3 is 2.32 bits per heavy atom. The highest BCUT2D eigenvalue weighted by Gasteiger charge is 2.02. The average Bonchev–Trinajstić information content (AvgIpc) is 2.37. The molecule has 0 heterocycles. The molecule has 0 aliphatic heterocycles. The monoisotopic (exact) mass is 262 g/mol. The van der Waals surface area contributed by atoms with Gasteiger partial charge >= 0.3 is 0 Å². The van der Waals surface area contributed by atoms with E-state index in [0.717, 1.165) is 12.0 Å².